The summed E-state index contributed by atoms with van der Waals surface area (Å²) in [5, 5.41) is 4.70. The molecular formula is C17H22ClN3O2. The van der Waals surface area contributed by atoms with E-state index in [1.54, 1.807) is 14.2 Å². The Morgan fingerprint density at radius 3 is 2.48 bits per heavy atom. The van der Waals surface area contributed by atoms with Gasteiger partial charge in [-0.05, 0) is 36.4 Å². The van der Waals surface area contributed by atoms with Crippen LogP contribution in [0.2, 0.25) is 5.28 Å². The van der Waals surface area contributed by atoms with E-state index in [4.69, 9.17) is 21.1 Å². The molecule has 0 radical (unpaired) electrons. The molecule has 1 aromatic heterocycles. The van der Waals surface area contributed by atoms with Crippen molar-refractivity contribution in [2.75, 3.05) is 19.5 Å². The van der Waals surface area contributed by atoms with Crippen molar-refractivity contribution < 1.29 is 9.47 Å². The van der Waals surface area contributed by atoms with E-state index in [-0.39, 0.29) is 5.28 Å². The average Bonchev–Trinajstić information content (AvgIpc) is 2.55. The molecule has 5 nitrogen and oxygen atoms in total. The number of benzene rings is 1. The van der Waals surface area contributed by atoms with Crippen LogP contribution in [0.4, 0.5) is 5.82 Å². The summed E-state index contributed by atoms with van der Waals surface area (Å²) in [6, 6.07) is 4.14. The Kier molecular flexibility index (Phi) is 4.76. The molecule has 23 heavy (non-hydrogen) atoms. The summed E-state index contributed by atoms with van der Waals surface area (Å²) in [5.41, 5.74) is 0.744. The largest absolute Gasteiger partial charge is 0.493 e. The lowest BCUT2D eigenvalue weighted by atomic mass is 9.86. The maximum atomic E-state index is 6.11. The van der Waals surface area contributed by atoms with E-state index >= 15 is 0 Å². The number of hydrogen-bond donors (Lipinski definition) is 1. The molecule has 1 heterocycles. The molecule has 1 fully saturated rings. The van der Waals surface area contributed by atoms with Crippen molar-refractivity contribution in [3.05, 3.63) is 17.4 Å². The third-order valence-corrected chi connectivity index (χ3v) is 4.78. The first-order chi connectivity index (χ1) is 11.1. The highest BCUT2D eigenvalue weighted by molar-refractivity contribution is 6.28. The predicted octanol–water partition coefficient (Wildman–Crippen LogP) is 4.29. The molecule has 2 atom stereocenters. The molecule has 0 amide bonds. The summed E-state index contributed by atoms with van der Waals surface area (Å²) in [7, 11) is 3.23. The minimum Gasteiger partial charge on any atom is -0.493 e. The number of hydrogen-bond acceptors (Lipinski definition) is 5. The van der Waals surface area contributed by atoms with Crippen molar-refractivity contribution in [1.82, 2.24) is 9.97 Å². The fourth-order valence-corrected chi connectivity index (χ4v) is 3.42. The van der Waals surface area contributed by atoms with Crippen LogP contribution in [0.1, 0.15) is 32.6 Å². The van der Waals surface area contributed by atoms with Crippen LogP contribution in [-0.4, -0.2) is 30.2 Å². The van der Waals surface area contributed by atoms with Crippen molar-refractivity contribution in [1.29, 1.82) is 0 Å². The molecule has 0 saturated heterocycles. The molecule has 1 saturated carbocycles. The molecule has 0 aliphatic heterocycles. The summed E-state index contributed by atoms with van der Waals surface area (Å²) in [4.78, 5) is 8.72. The fourth-order valence-electron chi connectivity index (χ4n) is 3.24. The third kappa shape index (κ3) is 3.29. The zero-order valence-electron chi connectivity index (χ0n) is 13.7. The zero-order chi connectivity index (χ0) is 16.4. The Balaban J connectivity index is 2.04. The molecule has 124 valence electrons. The van der Waals surface area contributed by atoms with Gasteiger partial charge in [0.1, 0.15) is 5.82 Å². The molecule has 1 aliphatic rings. The monoisotopic (exact) mass is 335 g/mol. The minimum atomic E-state index is 0.232. The van der Waals surface area contributed by atoms with Gasteiger partial charge in [0.25, 0.3) is 0 Å². The van der Waals surface area contributed by atoms with Crippen molar-refractivity contribution in [3.63, 3.8) is 0 Å². The number of rotatable bonds is 4. The number of fused-ring (bicyclic) bond motifs is 1. The van der Waals surface area contributed by atoms with Crippen LogP contribution < -0.4 is 14.8 Å². The number of nitrogens with one attached hydrogen (secondary N) is 1. The van der Waals surface area contributed by atoms with Gasteiger partial charge in [0.15, 0.2) is 11.5 Å². The van der Waals surface area contributed by atoms with Crippen LogP contribution in [0.25, 0.3) is 10.9 Å². The van der Waals surface area contributed by atoms with Gasteiger partial charge in [-0.15, -0.1) is 0 Å². The average molecular weight is 336 g/mol. The number of anilines is 1. The topological polar surface area (TPSA) is 56.3 Å². The van der Waals surface area contributed by atoms with E-state index < -0.39 is 0 Å². The van der Waals surface area contributed by atoms with Crippen molar-refractivity contribution in [2.45, 2.75) is 38.6 Å². The lowest BCUT2D eigenvalue weighted by Gasteiger charge is -2.30. The van der Waals surface area contributed by atoms with Gasteiger partial charge >= 0.3 is 0 Å². The van der Waals surface area contributed by atoms with Gasteiger partial charge in [-0.25, -0.2) is 9.97 Å². The van der Waals surface area contributed by atoms with E-state index in [2.05, 4.69) is 22.2 Å². The van der Waals surface area contributed by atoms with Crippen LogP contribution in [0, 0.1) is 5.92 Å². The second kappa shape index (κ2) is 6.79. The maximum Gasteiger partial charge on any atom is 0.224 e. The smallest absolute Gasteiger partial charge is 0.224 e. The summed E-state index contributed by atoms with van der Waals surface area (Å²) in [5.74, 6) is 2.67. The Bertz CT molecular complexity index is 708. The minimum absolute atomic E-state index is 0.232. The number of methoxy groups -OCH3 is 2. The fraction of sp³-hybridized carbons (Fsp3) is 0.529. The van der Waals surface area contributed by atoms with Crippen LogP contribution in [0.3, 0.4) is 0 Å². The van der Waals surface area contributed by atoms with Gasteiger partial charge in [0.2, 0.25) is 5.28 Å². The normalized spacial score (nSPS) is 21.2. The SMILES string of the molecule is COc1cc2nc(Cl)nc(N[C@H]3CCCC[C@H]3C)c2cc1OC. The molecule has 1 aromatic carbocycles. The quantitative estimate of drug-likeness (QED) is 0.844. The van der Waals surface area contributed by atoms with E-state index in [9.17, 15) is 0 Å². The maximum absolute atomic E-state index is 6.11. The first-order valence-corrected chi connectivity index (χ1v) is 8.36. The van der Waals surface area contributed by atoms with Crippen molar-refractivity contribution in [3.8, 4) is 11.5 Å². The lowest BCUT2D eigenvalue weighted by molar-refractivity contribution is 0.349. The van der Waals surface area contributed by atoms with Crippen LogP contribution in [-0.2, 0) is 0 Å². The van der Waals surface area contributed by atoms with Gasteiger partial charge in [-0.3, -0.25) is 0 Å². The van der Waals surface area contributed by atoms with Crippen LogP contribution in [0.5, 0.6) is 11.5 Å². The Morgan fingerprint density at radius 1 is 1.09 bits per heavy atom. The first kappa shape index (κ1) is 16.1. The van der Waals surface area contributed by atoms with E-state index in [0.29, 0.717) is 23.5 Å². The molecule has 6 heteroatoms. The number of aromatic nitrogens is 2. The van der Waals surface area contributed by atoms with Gasteiger partial charge < -0.3 is 14.8 Å². The highest BCUT2D eigenvalue weighted by atomic mass is 35.5. The molecular weight excluding hydrogens is 314 g/mol. The van der Waals surface area contributed by atoms with Gasteiger partial charge in [0, 0.05) is 17.5 Å². The zero-order valence-corrected chi connectivity index (χ0v) is 14.5. The summed E-state index contributed by atoms with van der Waals surface area (Å²) < 4.78 is 10.7. The molecule has 1 aliphatic carbocycles. The second-order valence-electron chi connectivity index (χ2n) is 6.08. The summed E-state index contributed by atoms with van der Waals surface area (Å²) >= 11 is 6.11. The Morgan fingerprint density at radius 2 is 1.78 bits per heavy atom. The van der Waals surface area contributed by atoms with E-state index in [1.807, 2.05) is 12.1 Å². The highest BCUT2D eigenvalue weighted by Gasteiger charge is 2.23. The number of nitrogens with zero attached hydrogens (tertiary/aromatic N) is 2. The van der Waals surface area contributed by atoms with Crippen LogP contribution >= 0.6 is 11.6 Å². The lowest BCUT2D eigenvalue weighted by Crippen LogP contribution is -2.30. The Labute approximate surface area is 141 Å². The number of ether oxygens (including phenoxy) is 2. The second-order valence-corrected chi connectivity index (χ2v) is 6.42. The van der Waals surface area contributed by atoms with Gasteiger partial charge in [-0.1, -0.05) is 19.8 Å². The van der Waals surface area contributed by atoms with Crippen LogP contribution in [0.15, 0.2) is 12.1 Å². The summed E-state index contributed by atoms with van der Waals surface area (Å²) in [6.45, 7) is 2.28. The Hall–Kier alpha value is -1.75. The molecule has 0 unspecified atom stereocenters. The first-order valence-electron chi connectivity index (χ1n) is 7.98. The molecule has 1 N–H and O–H groups in total. The molecule has 3 rings (SSSR count). The number of halogens is 1. The third-order valence-electron chi connectivity index (χ3n) is 4.61. The van der Waals surface area contributed by atoms with Crippen molar-refractivity contribution >= 4 is 28.3 Å². The van der Waals surface area contributed by atoms with Gasteiger partial charge in [-0.2, -0.15) is 0 Å². The standard InChI is InChI=1S/C17H22ClN3O2/c1-10-6-4-5-7-12(10)19-16-11-8-14(22-2)15(23-3)9-13(11)20-17(18)21-16/h8-10,12H,4-7H2,1-3H3,(H,19,20,21)/t10-,12+/m1/s1. The van der Waals surface area contributed by atoms with Crippen molar-refractivity contribution in [2.24, 2.45) is 5.92 Å². The predicted molar refractivity (Wildman–Crippen MR) is 92.7 cm³/mol. The van der Waals surface area contributed by atoms with E-state index in [0.717, 1.165) is 23.1 Å². The molecule has 0 spiro atoms. The summed E-state index contributed by atoms with van der Waals surface area (Å²) in [6.07, 6.45) is 4.94. The van der Waals surface area contributed by atoms with E-state index in [1.165, 1.54) is 19.3 Å². The highest BCUT2D eigenvalue weighted by Crippen LogP contribution is 2.36. The van der Waals surface area contributed by atoms with Gasteiger partial charge in [0.05, 0.1) is 19.7 Å². The molecule has 0 bridgehead atoms. The molecule has 2 aromatic rings.